The first-order chi connectivity index (χ1) is 23.1. The predicted molar refractivity (Wildman–Crippen MR) is 180 cm³/mol. The van der Waals surface area contributed by atoms with Gasteiger partial charge < -0.3 is 29.7 Å². The molecule has 3 aromatic carbocycles. The van der Waals surface area contributed by atoms with Gasteiger partial charge in [-0.2, -0.15) is 0 Å². The second-order valence-corrected chi connectivity index (χ2v) is 12.6. The van der Waals surface area contributed by atoms with E-state index in [0.717, 1.165) is 33.4 Å². The van der Waals surface area contributed by atoms with Crippen molar-refractivity contribution in [2.45, 2.75) is 63.6 Å². The molecule has 1 aliphatic rings. The number of ether oxygens (including phenoxy) is 3. The van der Waals surface area contributed by atoms with Crippen molar-refractivity contribution in [2.24, 2.45) is 5.92 Å². The van der Waals surface area contributed by atoms with Crippen LogP contribution in [0.3, 0.4) is 0 Å². The van der Waals surface area contributed by atoms with Crippen molar-refractivity contribution in [3.63, 3.8) is 0 Å². The van der Waals surface area contributed by atoms with Crippen LogP contribution in [0.1, 0.15) is 65.8 Å². The van der Waals surface area contributed by atoms with Crippen LogP contribution in [0.5, 0.6) is 0 Å². The fraction of sp³-hybridized carbons (Fsp3) is 0.297. The van der Waals surface area contributed by atoms with Gasteiger partial charge in [-0.15, -0.1) is 11.8 Å². The topological polar surface area (TPSA) is 144 Å². The summed E-state index contributed by atoms with van der Waals surface area (Å²) < 4.78 is 18.1. The van der Waals surface area contributed by atoms with Gasteiger partial charge in [-0.1, -0.05) is 79.7 Å². The number of benzene rings is 3. The lowest BCUT2D eigenvalue weighted by Gasteiger charge is -2.41. The lowest BCUT2D eigenvalue weighted by Crippen LogP contribution is -2.38. The quantitative estimate of drug-likeness (QED) is 0.120. The maximum atomic E-state index is 12.4. The summed E-state index contributed by atoms with van der Waals surface area (Å²) in [5.74, 6) is -1.57. The summed E-state index contributed by atoms with van der Waals surface area (Å²) in [6, 6.07) is 26.4. The van der Waals surface area contributed by atoms with Crippen molar-refractivity contribution in [2.75, 3.05) is 5.75 Å². The lowest BCUT2D eigenvalue weighted by molar-refractivity contribution is -0.268. The third-order valence-electron chi connectivity index (χ3n) is 8.19. The Balaban J connectivity index is 1.36. The summed E-state index contributed by atoms with van der Waals surface area (Å²) in [4.78, 5) is 39.8. The van der Waals surface area contributed by atoms with Gasteiger partial charge in [-0.05, 0) is 46.9 Å². The van der Waals surface area contributed by atoms with Gasteiger partial charge in [0.05, 0.1) is 24.4 Å². The molecule has 2 heterocycles. The number of hydrogen-bond acceptors (Lipinski definition) is 9. The highest BCUT2D eigenvalue weighted by Crippen LogP contribution is 2.43. The molecule has 0 saturated carbocycles. The number of hydrogen-bond donors (Lipinski definition) is 3. The molecule has 250 valence electrons. The van der Waals surface area contributed by atoms with Crippen LogP contribution in [0.2, 0.25) is 0 Å². The van der Waals surface area contributed by atoms with E-state index in [4.69, 9.17) is 14.2 Å². The highest BCUT2D eigenvalue weighted by molar-refractivity contribution is 7.99. The number of aromatic nitrogens is 1. The number of aliphatic hydroxyl groups is 1. The van der Waals surface area contributed by atoms with E-state index in [9.17, 15) is 24.6 Å². The van der Waals surface area contributed by atoms with Gasteiger partial charge in [0.25, 0.3) is 5.91 Å². The molecular formula is C37H38N2O8S. The van der Waals surface area contributed by atoms with Gasteiger partial charge in [0.1, 0.15) is 5.03 Å². The highest BCUT2D eigenvalue weighted by atomic mass is 32.2. The van der Waals surface area contributed by atoms with Crippen molar-refractivity contribution in [3.05, 3.63) is 119 Å². The van der Waals surface area contributed by atoms with Gasteiger partial charge in [-0.3, -0.25) is 9.59 Å². The van der Waals surface area contributed by atoms with E-state index in [0.29, 0.717) is 10.8 Å². The summed E-state index contributed by atoms with van der Waals surface area (Å²) >= 11 is 1.34. The van der Waals surface area contributed by atoms with Crippen LogP contribution in [0.25, 0.3) is 11.1 Å². The molecule has 0 aliphatic carbocycles. The van der Waals surface area contributed by atoms with Gasteiger partial charge in [0, 0.05) is 36.9 Å². The minimum absolute atomic E-state index is 0.0579. The van der Waals surface area contributed by atoms with Crippen molar-refractivity contribution >= 4 is 29.6 Å². The second-order valence-electron chi connectivity index (χ2n) is 11.5. The average Bonchev–Trinajstić information content (AvgIpc) is 3.10. The van der Waals surface area contributed by atoms with E-state index < -0.39 is 24.3 Å². The fourth-order valence-corrected chi connectivity index (χ4v) is 6.69. The monoisotopic (exact) mass is 670 g/mol. The molecule has 0 unspecified atom stereocenters. The molecule has 5 atom stereocenters. The Bertz CT molecular complexity index is 1730. The SMILES string of the molecule is CC(=O)O[C@@H](C)C(=O)NCc1ccccc1-c1ccc([C@@H]2O[C@H](CSc3ncccc3C(=O)O)[C@H](C)[C@H](c3ccc(CO)cc3)O2)cc1. The fourth-order valence-electron chi connectivity index (χ4n) is 5.54. The Morgan fingerprint density at radius 3 is 2.35 bits per heavy atom. The molecule has 11 heteroatoms. The molecule has 1 aliphatic heterocycles. The molecule has 10 nitrogen and oxygen atoms in total. The van der Waals surface area contributed by atoms with E-state index in [1.807, 2.05) is 79.7 Å². The number of carbonyl (C=O) groups is 3. The Kier molecular flexibility index (Phi) is 11.6. The van der Waals surface area contributed by atoms with Crippen LogP contribution in [0.15, 0.2) is 96.2 Å². The average molecular weight is 671 g/mol. The minimum Gasteiger partial charge on any atom is -0.478 e. The van der Waals surface area contributed by atoms with Crippen LogP contribution < -0.4 is 5.32 Å². The summed E-state index contributed by atoms with van der Waals surface area (Å²) in [5.41, 5.74) is 5.46. The van der Waals surface area contributed by atoms with E-state index in [-0.39, 0.29) is 42.7 Å². The van der Waals surface area contributed by atoms with Gasteiger partial charge in [-0.25, -0.2) is 9.78 Å². The number of amides is 1. The first-order valence-corrected chi connectivity index (χ1v) is 16.6. The molecule has 1 fully saturated rings. The van der Waals surface area contributed by atoms with Crippen molar-refractivity contribution < 1.29 is 38.8 Å². The van der Waals surface area contributed by atoms with Crippen LogP contribution in [0, 0.1) is 5.92 Å². The Labute approximate surface area is 283 Å². The first kappa shape index (κ1) is 34.8. The molecule has 4 aromatic rings. The standard InChI is InChI=1S/C37H38N2O8S/c1-22-32(21-48-35-31(36(43)44)9-6-18-38-35)46-37(47-33(22)27-12-10-25(20-40)11-13-27)28-16-14-26(15-17-28)30-8-5-4-7-29(30)19-39-34(42)23(2)45-24(3)41/h4-18,22-23,32-33,37,40H,19-21H2,1-3H3,(H,39,42)(H,43,44)/t22-,23-,32+,33+,37+/m0/s1. The molecule has 0 radical (unpaired) electrons. The Morgan fingerprint density at radius 1 is 0.958 bits per heavy atom. The number of rotatable bonds is 12. The zero-order valence-corrected chi connectivity index (χ0v) is 27.7. The number of aromatic carboxylic acids is 1. The maximum absolute atomic E-state index is 12.4. The van der Waals surface area contributed by atoms with Crippen LogP contribution >= 0.6 is 11.8 Å². The summed E-state index contributed by atoms with van der Waals surface area (Å²) in [7, 11) is 0. The minimum atomic E-state index is -1.04. The van der Waals surface area contributed by atoms with Crippen LogP contribution in [-0.2, 0) is 37.0 Å². The molecule has 3 N–H and O–H groups in total. The molecule has 1 amide bonds. The predicted octanol–water partition coefficient (Wildman–Crippen LogP) is 6.09. The second kappa shape index (κ2) is 16.0. The molecule has 1 saturated heterocycles. The smallest absolute Gasteiger partial charge is 0.338 e. The van der Waals surface area contributed by atoms with E-state index in [1.165, 1.54) is 31.7 Å². The first-order valence-electron chi connectivity index (χ1n) is 15.6. The largest absolute Gasteiger partial charge is 0.478 e. The zero-order valence-electron chi connectivity index (χ0n) is 26.9. The van der Waals surface area contributed by atoms with Gasteiger partial charge >= 0.3 is 11.9 Å². The number of carbonyl (C=O) groups excluding carboxylic acids is 2. The zero-order chi connectivity index (χ0) is 34.2. The number of carboxylic acids is 1. The summed E-state index contributed by atoms with van der Waals surface area (Å²) in [6.07, 6.45) is -0.659. The number of esters is 1. The van der Waals surface area contributed by atoms with E-state index >= 15 is 0 Å². The maximum Gasteiger partial charge on any atom is 0.338 e. The third kappa shape index (κ3) is 8.48. The van der Waals surface area contributed by atoms with Crippen molar-refractivity contribution in [3.8, 4) is 11.1 Å². The van der Waals surface area contributed by atoms with E-state index in [1.54, 1.807) is 12.3 Å². The normalized spacial score (nSPS) is 19.7. The van der Waals surface area contributed by atoms with E-state index in [2.05, 4.69) is 10.3 Å². The van der Waals surface area contributed by atoms with Crippen LogP contribution in [0.4, 0.5) is 0 Å². The van der Waals surface area contributed by atoms with Gasteiger partial charge in [0.15, 0.2) is 12.4 Å². The Morgan fingerprint density at radius 2 is 1.67 bits per heavy atom. The van der Waals surface area contributed by atoms with Crippen LogP contribution in [-0.4, -0.2) is 51.0 Å². The number of nitrogens with zero attached hydrogens (tertiary/aromatic N) is 1. The van der Waals surface area contributed by atoms with Crippen molar-refractivity contribution in [1.82, 2.24) is 10.3 Å². The molecule has 0 spiro atoms. The molecule has 1 aromatic heterocycles. The number of thioether (sulfide) groups is 1. The number of carboxylic acid groups (broad SMARTS) is 1. The molecular weight excluding hydrogens is 632 g/mol. The number of pyridine rings is 1. The lowest BCUT2D eigenvalue weighted by atomic mass is 9.91. The molecule has 0 bridgehead atoms. The van der Waals surface area contributed by atoms with Crippen molar-refractivity contribution in [1.29, 1.82) is 0 Å². The summed E-state index contributed by atoms with van der Waals surface area (Å²) in [5, 5.41) is 22.5. The Hall–Kier alpha value is -4.55. The highest BCUT2D eigenvalue weighted by Gasteiger charge is 2.38. The van der Waals surface area contributed by atoms with Gasteiger partial charge in [0.2, 0.25) is 0 Å². The number of nitrogens with one attached hydrogen (secondary N) is 1. The number of aliphatic hydroxyl groups excluding tert-OH is 1. The third-order valence-corrected chi connectivity index (χ3v) is 9.28. The molecule has 48 heavy (non-hydrogen) atoms. The molecule has 5 rings (SSSR count). The summed E-state index contributed by atoms with van der Waals surface area (Å²) in [6.45, 7) is 5.04.